The van der Waals surface area contributed by atoms with Crippen LogP contribution in [-0.2, 0) is 11.3 Å². The van der Waals surface area contributed by atoms with Crippen molar-refractivity contribution in [1.29, 1.82) is 0 Å². The molecular formula is C12H13BrFN3O. The second-order valence-corrected chi connectivity index (χ2v) is 5.33. The van der Waals surface area contributed by atoms with E-state index in [2.05, 4.69) is 20.9 Å². The molecule has 0 radical (unpaired) electrons. The van der Waals surface area contributed by atoms with Crippen LogP contribution in [0.1, 0.15) is 12.8 Å². The Hall–Kier alpha value is -1.14. The van der Waals surface area contributed by atoms with Crippen molar-refractivity contribution in [1.82, 2.24) is 9.55 Å². The van der Waals surface area contributed by atoms with E-state index in [9.17, 15) is 4.39 Å². The van der Waals surface area contributed by atoms with Crippen LogP contribution in [0, 0.1) is 5.82 Å². The summed E-state index contributed by atoms with van der Waals surface area (Å²) in [7, 11) is 0. The standard InChI is InChI=1S/C12H13BrFN3O/c13-8-4-11-10(5-9(8)14)16-12(15)17(11)6-7-2-1-3-18-7/h4-5,7H,1-3,6H2,(H2,15,16). The van der Waals surface area contributed by atoms with Crippen molar-refractivity contribution in [3.8, 4) is 0 Å². The molecule has 0 aliphatic carbocycles. The molecule has 3 rings (SSSR count). The molecule has 0 saturated carbocycles. The summed E-state index contributed by atoms with van der Waals surface area (Å²) < 4.78 is 21.3. The van der Waals surface area contributed by atoms with Gasteiger partial charge in [0, 0.05) is 12.7 Å². The third-order valence-electron chi connectivity index (χ3n) is 3.23. The molecule has 1 aliphatic rings. The van der Waals surface area contributed by atoms with Crippen LogP contribution < -0.4 is 5.73 Å². The molecule has 1 saturated heterocycles. The number of fused-ring (bicyclic) bond motifs is 1. The molecule has 6 heteroatoms. The van der Waals surface area contributed by atoms with E-state index in [1.807, 2.05) is 4.57 Å². The predicted molar refractivity (Wildman–Crippen MR) is 70.8 cm³/mol. The fraction of sp³-hybridized carbons (Fsp3) is 0.417. The molecule has 2 aromatic rings. The molecule has 0 spiro atoms. The second kappa shape index (κ2) is 4.51. The molecule has 1 atom stereocenters. The smallest absolute Gasteiger partial charge is 0.201 e. The van der Waals surface area contributed by atoms with Crippen molar-refractivity contribution in [2.24, 2.45) is 0 Å². The van der Waals surface area contributed by atoms with E-state index in [1.165, 1.54) is 6.07 Å². The van der Waals surface area contributed by atoms with Crippen molar-refractivity contribution in [2.75, 3.05) is 12.3 Å². The first kappa shape index (κ1) is 11.9. The lowest BCUT2D eigenvalue weighted by atomic mass is 10.2. The van der Waals surface area contributed by atoms with Gasteiger partial charge < -0.3 is 15.0 Å². The summed E-state index contributed by atoms with van der Waals surface area (Å²) in [5.41, 5.74) is 7.30. The molecule has 1 fully saturated rings. The number of imidazole rings is 1. The van der Waals surface area contributed by atoms with Gasteiger partial charge in [0.05, 0.1) is 28.2 Å². The van der Waals surface area contributed by atoms with Crippen molar-refractivity contribution in [2.45, 2.75) is 25.5 Å². The van der Waals surface area contributed by atoms with Gasteiger partial charge in [-0.1, -0.05) is 0 Å². The molecule has 2 N–H and O–H groups in total. The molecule has 1 unspecified atom stereocenters. The first-order chi connectivity index (χ1) is 8.65. The van der Waals surface area contributed by atoms with E-state index < -0.39 is 0 Å². The molecule has 0 amide bonds. The van der Waals surface area contributed by atoms with E-state index in [-0.39, 0.29) is 11.9 Å². The Balaban J connectivity index is 2.04. The zero-order chi connectivity index (χ0) is 12.7. The number of rotatable bonds is 2. The van der Waals surface area contributed by atoms with Gasteiger partial charge in [0.2, 0.25) is 5.95 Å². The Labute approximate surface area is 112 Å². The van der Waals surface area contributed by atoms with E-state index >= 15 is 0 Å². The van der Waals surface area contributed by atoms with Gasteiger partial charge in [-0.25, -0.2) is 9.37 Å². The summed E-state index contributed by atoms with van der Waals surface area (Å²) in [6.07, 6.45) is 2.28. The number of benzene rings is 1. The number of nitrogen functional groups attached to an aromatic ring is 1. The molecule has 0 bridgehead atoms. The van der Waals surface area contributed by atoms with Crippen LogP contribution in [0.2, 0.25) is 0 Å². The number of nitrogens with two attached hydrogens (primary N) is 1. The minimum atomic E-state index is -0.329. The van der Waals surface area contributed by atoms with Crippen molar-refractivity contribution in [3.05, 3.63) is 22.4 Å². The lowest BCUT2D eigenvalue weighted by Crippen LogP contribution is -2.16. The number of nitrogens with zero attached hydrogens (tertiary/aromatic N) is 2. The fourth-order valence-corrected chi connectivity index (χ4v) is 2.65. The highest BCUT2D eigenvalue weighted by atomic mass is 79.9. The van der Waals surface area contributed by atoms with Gasteiger partial charge in [-0.3, -0.25) is 0 Å². The van der Waals surface area contributed by atoms with E-state index in [0.29, 0.717) is 22.5 Å². The maximum Gasteiger partial charge on any atom is 0.201 e. The number of halogens is 2. The van der Waals surface area contributed by atoms with Gasteiger partial charge in [-0.15, -0.1) is 0 Å². The monoisotopic (exact) mass is 313 g/mol. The zero-order valence-electron chi connectivity index (χ0n) is 9.70. The zero-order valence-corrected chi connectivity index (χ0v) is 11.3. The maximum atomic E-state index is 13.4. The average molecular weight is 314 g/mol. The SMILES string of the molecule is Nc1nc2cc(F)c(Br)cc2n1CC1CCCO1. The first-order valence-electron chi connectivity index (χ1n) is 5.87. The summed E-state index contributed by atoms with van der Waals surface area (Å²) in [5, 5.41) is 0. The molecule has 2 heterocycles. The van der Waals surface area contributed by atoms with Crippen molar-refractivity contribution < 1.29 is 9.13 Å². The normalized spacial score (nSPS) is 19.8. The topological polar surface area (TPSA) is 53.1 Å². The van der Waals surface area contributed by atoms with E-state index in [4.69, 9.17) is 10.5 Å². The Morgan fingerprint density at radius 2 is 2.39 bits per heavy atom. The van der Waals surface area contributed by atoms with E-state index in [1.54, 1.807) is 6.07 Å². The summed E-state index contributed by atoms with van der Waals surface area (Å²) in [4.78, 5) is 4.18. The molecule has 96 valence electrons. The number of anilines is 1. The fourth-order valence-electron chi connectivity index (χ4n) is 2.32. The Morgan fingerprint density at radius 1 is 1.56 bits per heavy atom. The van der Waals surface area contributed by atoms with Gasteiger partial charge in [-0.05, 0) is 34.8 Å². The molecular weight excluding hydrogens is 301 g/mol. The molecule has 1 aliphatic heterocycles. The summed E-state index contributed by atoms with van der Waals surface area (Å²) in [6, 6.07) is 3.10. The summed E-state index contributed by atoms with van der Waals surface area (Å²) >= 11 is 3.18. The van der Waals surface area contributed by atoms with Gasteiger partial charge in [0.25, 0.3) is 0 Å². The minimum absolute atomic E-state index is 0.175. The van der Waals surface area contributed by atoms with Crippen LogP contribution in [0.15, 0.2) is 16.6 Å². The Morgan fingerprint density at radius 3 is 3.11 bits per heavy atom. The minimum Gasteiger partial charge on any atom is -0.376 e. The summed E-state index contributed by atoms with van der Waals surface area (Å²) in [6.45, 7) is 1.47. The number of aromatic nitrogens is 2. The van der Waals surface area contributed by atoms with Crippen LogP contribution in [-0.4, -0.2) is 22.3 Å². The van der Waals surface area contributed by atoms with E-state index in [0.717, 1.165) is 25.0 Å². The predicted octanol–water partition coefficient (Wildman–Crippen LogP) is 2.70. The summed E-state index contributed by atoms with van der Waals surface area (Å²) in [5.74, 6) is 0.0715. The second-order valence-electron chi connectivity index (χ2n) is 4.47. The number of ether oxygens (including phenoxy) is 1. The van der Waals surface area contributed by atoms with Crippen LogP contribution in [0.5, 0.6) is 0 Å². The highest BCUT2D eigenvalue weighted by Gasteiger charge is 2.19. The van der Waals surface area contributed by atoms with Gasteiger partial charge >= 0.3 is 0 Å². The molecule has 4 nitrogen and oxygen atoms in total. The Bertz CT molecular complexity index is 593. The van der Waals surface area contributed by atoms with Gasteiger partial charge in [-0.2, -0.15) is 0 Å². The highest BCUT2D eigenvalue weighted by molar-refractivity contribution is 9.10. The lowest BCUT2D eigenvalue weighted by molar-refractivity contribution is 0.0984. The third kappa shape index (κ3) is 1.99. The average Bonchev–Trinajstić information content (AvgIpc) is 2.92. The first-order valence-corrected chi connectivity index (χ1v) is 6.67. The molecule has 18 heavy (non-hydrogen) atoms. The van der Waals surface area contributed by atoms with Crippen LogP contribution >= 0.6 is 15.9 Å². The molecule has 1 aromatic carbocycles. The maximum absolute atomic E-state index is 13.4. The van der Waals surface area contributed by atoms with Gasteiger partial charge in [0.1, 0.15) is 5.82 Å². The van der Waals surface area contributed by atoms with Crippen LogP contribution in [0.4, 0.5) is 10.3 Å². The number of hydrogen-bond donors (Lipinski definition) is 1. The van der Waals surface area contributed by atoms with Crippen LogP contribution in [0.3, 0.4) is 0 Å². The highest BCUT2D eigenvalue weighted by Crippen LogP contribution is 2.26. The molecule has 1 aromatic heterocycles. The lowest BCUT2D eigenvalue weighted by Gasteiger charge is -2.12. The largest absolute Gasteiger partial charge is 0.376 e. The van der Waals surface area contributed by atoms with Crippen molar-refractivity contribution in [3.63, 3.8) is 0 Å². The third-order valence-corrected chi connectivity index (χ3v) is 3.84. The van der Waals surface area contributed by atoms with Crippen molar-refractivity contribution >= 4 is 32.9 Å². The quantitative estimate of drug-likeness (QED) is 0.927. The van der Waals surface area contributed by atoms with Crippen LogP contribution in [0.25, 0.3) is 11.0 Å². The van der Waals surface area contributed by atoms with Gasteiger partial charge in [0.15, 0.2) is 0 Å². The Kier molecular flexibility index (Phi) is 2.99. The number of hydrogen-bond acceptors (Lipinski definition) is 3.